The van der Waals surface area contributed by atoms with Crippen LogP contribution in [0, 0.1) is 11.3 Å². The molecule has 1 saturated carbocycles. The van der Waals surface area contributed by atoms with E-state index in [1.807, 2.05) is 0 Å². The summed E-state index contributed by atoms with van der Waals surface area (Å²) in [5.74, 6) is 1.00. The standard InChI is InChI=1S/C12H26N2/c1-4-12(2,3)10-14-8-7-13-9-11-5-6-11/h11,13-14H,4-10H2,1-3H3. The van der Waals surface area contributed by atoms with Gasteiger partial charge < -0.3 is 10.6 Å². The lowest BCUT2D eigenvalue weighted by molar-refractivity contribution is 0.328. The highest BCUT2D eigenvalue weighted by Crippen LogP contribution is 2.27. The summed E-state index contributed by atoms with van der Waals surface area (Å²) in [7, 11) is 0. The second-order valence-corrected chi connectivity index (χ2v) is 5.34. The van der Waals surface area contributed by atoms with Gasteiger partial charge in [-0.2, -0.15) is 0 Å². The van der Waals surface area contributed by atoms with Gasteiger partial charge in [0, 0.05) is 19.6 Å². The quantitative estimate of drug-likeness (QED) is 0.583. The molecule has 0 amide bonds. The van der Waals surface area contributed by atoms with E-state index < -0.39 is 0 Å². The van der Waals surface area contributed by atoms with Crippen molar-refractivity contribution in [3.8, 4) is 0 Å². The first-order chi connectivity index (χ1) is 6.64. The molecule has 0 saturated heterocycles. The van der Waals surface area contributed by atoms with Gasteiger partial charge in [0.1, 0.15) is 0 Å². The highest BCUT2D eigenvalue weighted by atomic mass is 14.9. The van der Waals surface area contributed by atoms with Gasteiger partial charge in [0.15, 0.2) is 0 Å². The van der Waals surface area contributed by atoms with Crippen LogP contribution in [0.4, 0.5) is 0 Å². The van der Waals surface area contributed by atoms with Gasteiger partial charge in [-0.3, -0.25) is 0 Å². The van der Waals surface area contributed by atoms with Crippen molar-refractivity contribution >= 4 is 0 Å². The molecule has 14 heavy (non-hydrogen) atoms. The normalized spacial score (nSPS) is 17.4. The molecule has 0 bridgehead atoms. The molecular weight excluding hydrogens is 172 g/mol. The summed E-state index contributed by atoms with van der Waals surface area (Å²) >= 11 is 0. The zero-order valence-corrected chi connectivity index (χ0v) is 10.0. The Bertz CT molecular complexity index is 150. The van der Waals surface area contributed by atoms with Crippen molar-refractivity contribution in [3.05, 3.63) is 0 Å². The van der Waals surface area contributed by atoms with Crippen LogP contribution in [0.15, 0.2) is 0 Å². The van der Waals surface area contributed by atoms with Crippen LogP contribution in [0.2, 0.25) is 0 Å². The third kappa shape index (κ3) is 5.61. The Balaban J connectivity index is 1.83. The Labute approximate surface area is 88.8 Å². The first kappa shape index (κ1) is 12.0. The minimum atomic E-state index is 0.455. The van der Waals surface area contributed by atoms with Crippen molar-refractivity contribution in [2.24, 2.45) is 11.3 Å². The highest BCUT2D eigenvalue weighted by molar-refractivity contribution is 4.75. The van der Waals surface area contributed by atoms with Crippen LogP contribution in [-0.2, 0) is 0 Å². The van der Waals surface area contributed by atoms with E-state index in [-0.39, 0.29) is 0 Å². The van der Waals surface area contributed by atoms with Gasteiger partial charge in [0.2, 0.25) is 0 Å². The molecular formula is C12H26N2. The van der Waals surface area contributed by atoms with Crippen LogP contribution >= 0.6 is 0 Å². The largest absolute Gasteiger partial charge is 0.315 e. The van der Waals surface area contributed by atoms with Crippen molar-refractivity contribution in [3.63, 3.8) is 0 Å². The molecule has 0 aromatic carbocycles. The molecule has 1 rings (SSSR count). The van der Waals surface area contributed by atoms with E-state index in [4.69, 9.17) is 0 Å². The third-order valence-electron chi connectivity index (χ3n) is 3.17. The molecule has 0 heterocycles. The second kappa shape index (κ2) is 5.72. The fraction of sp³-hybridized carbons (Fsp3) is 1.00. The smallest absolute Gasteiger partial charge is 0.00769 e. The molecule has 2 N–H and O–H groups in total. The maximum absolute atomic E-state index is 3.51. The summed E-state index contributed by atoms with van der Waals surface area (Å²) in [5, 5.41) is 7.00. The molecule has 1 aliphatic rings. The number of rotatable bonds is 8. The summed E-state index contributed by atoms with van der Waals surface area (Å²) in [6.45, 7) is 11.5. The van der Waals surface area contributed by atoms with Crippen molar-refractivity contribution < 1.29 is 0 Å². The lowest BCUT2D eigenvalue weighted by Gasteiger charge is -2.22. The van der Waals surface area contributed by atoms with Crippen LogP contribution in [0.1, 0.15) is 40.0 Å². The molecule has 0 unspecified atom stereocenters. The van der Waals surface area contributed by atoms with Crippen molar-refractivity contribution in [2.75, 3.05) is 26.2 Å². The van der Waals surface area contributed by atoms with E-state index in [0.717, 1.165) is 25.6 Å². The number of hydrogen-bond acceptors (Lipinski definition) is 2. The zero-order valence-electron chi connectivity index (χ0n) is 10.0. The summed E-state index contributed by atoms with van der Waals surface area (Å²) < 4.78 is 0. The van der Waals surface area contributed by atoms with E-state index in [9.17, 15) is 0 Å². The molecule has 0 aliphatic heterocycles. The second-order valence-electron chi connectivity index (χ2n) is 5.34. The maximum Gasteiger partial charge on any atom is 0.00769 e. The maximum atomic E-state index is 3.51. The monoisotopic (exact) mass is 198 g/mol. The Morgan fingerprint density at radius 3 is 2.36 bits per heavy atom. The molecule has 1 aliphatic carbocycles. The van der Waals surface area contributed by atoms with Gasteiger partial charge in [-0.05, 0) is 37.1 Å². The average Bonchev–Trinajstić information content (AvgIpc) is 2.95. The molecule has 0 aromatic rings. The lowest BCUT2D eigenvalue weighted by Crippen LogP contribution is -2.34. The van der Waals surface area contributed by atoms with Gasteiger partial charge in [-0.15, -0.1) is 0 Å². The van der Waals surface area contributed by atoms with Gasteiger partial charge >= 0.3 is 0 Å². The van der Waals surface area contributed by atoms with Crippen molar-refractivity contribution in [1.82, 2.24) is 10.6 Å². The topological polar surface area (TPSA) is 24.1 Å². The molecule has 2 nitrogen and oxygen atoms in total. The summed E-state index contributed by atoms with van der Waals surface area (Å²) in [6, 6.07) is 0. The summed E-state index contributed by atoms with van der Waals surface area (Å²) in [4.78, 5) is 0. The fourth-order valence-electron chi connectivity index (χ4n) is 1.36. The van der Waals surface area contributed by atoms with Crippen molar-refractivity contribution in [1.29, 1.82) is 0 Å². The van der Waals surface area contributed by atoms with Crippen LogP contribution in [0.25, 0.3) is 0 Å². The first-order valence-electron chi connectivity index (χ1n) is 6.05. The van der Waals surface area contributed by atoms with Crippen LogP contribution < -0.4 is 10.6 Å². The molecule has 2 heteroatoms. The SMILES string of the molecule is CCC(C)(C)CNCCNCC1CC1. The number of hydrogen-bond donors (Lipinski definition) is 2. The third-order valence-corrected chi connectivity index (χ3v) is 3.17. The molecule has 0 atom stereocenters. The zero-order chi connectivity index (χ0) is 10.4. The van der Waals surface area contributed by atoms with E-state index in [2.05, 4.69) is 31.4 Å². The Morgan fingerprint density at radius 2 is 1.79 bits per heavy atom. The highest BCUT2D eigenvalue weighted by Gasteiger charge is 2.20. The molecule has 84 valence electrons. The minimum Gasteiger partial charge on any atom is -0.315 e. The number of nitrogens with one attached hydrogen (secondary N) is 2. The first-order valence-corrected chi connectivity index (χ1v) is 6.05. The molecule has 0 spiro atoms. The average molecular weight is 198 g/mol. The van der Waals surface area contributed by atoms with Crippen LogP contribution in [0.3, 0.4) is 0 Å². The van der Waals surface area contributed by atoms with Crippen LogP contribution in [0.5, 0.6) is 0 Å². The summed E-state index contributed by atoms with van der Waals surface area (Å²) in [5.41, 5.74) is 0.455. The predicted octanol–water partition coefficient (Wildman–Crippen LogP) is 2.01. The predicted molar refractivity (Wildman–Crippen MR) is 62.5 cm³/mol. The van der Waals surface area contributed by atoms with E-state index >= 15 is 0 Å². The Kier molecular flexibility index (Phi) is 4.90. The van der Waals surface area contributed by atoms with Gasteiger partial charge in [0.25, 0.3) is 0 Å². The Morgan fingerprint density at radius 1 is 1.14 bits per heavy atom. The van der Waals surface area contributed by atoms with Gasteiger partial charge in [-0.25, -0.2) is 0 Å². The minimum absolute atomic E-state index is 0.455. The Hall–Kier alpha value is -0.0800. The summed E-state index contributed by atoms with van der Waals surface area (Å²) in [6.07, 6.45) is 4.14. The molecule has 0 radical (unpaired) electrons. The van der Waals surface area contributed by atoms with E-state index in [0.29, 0.717) is 5.41 Å². The lowest BCUT2D eigenvalue weighted by atomic mass is 9.90. The molecule has 1 fully saturated rings. The van der Waals surface area contributed by atoms with E-state index in [1.165, 1.54) is 25.8 Å². The van der Waals surface area contributed by atoms with Crippen LogP contribution in [-0.4, -0.2) is 26.2 Å². The fourth-order valence-corrected chi connectivity index (χ4v) is 1.36. The van der Waals surface area contributed by atoms with Gasteiger partial charge in [0.05, 0.1) is 0 Å². The van der Waals surface area contributed by atoms with Gasteiger partial charge in [-0.1, -0.05) is 20.8 Å². The molecule has 0 aromatic heterocycles. The van der Waals surface area contributed by atoms with E-state index in [1.54, 1.807) is 0 Å². The van der Waals surface area contributed by atoms with Crippen molar-refractivity contribution in [2.45, 2.75) is 40.0 Å².